The summed E-state index contributed by atoms with van der Waals surface area (Å²) in [6.45, 7) is 6.53. The van der Waals surface area contributed by atoms with Crippen LogP contribution in [0.1, 0.15) is 355 Å². The largest absolute Gasteiger partial charge is 0.462 e. The van der Waals surface area contributed by atoms with Gasteiger partial charge < -0.3 is 14.2 Å². The van der Waals surface area contributed by atoms with E-state index in [0.29, 0.717) is 19.3 Å². The zero-order valence-corrected chi connectivity index (χ0v) is 52.6. The first-order chi connectivity index (χ1) is 39.0. The minimum atomic E-state index is -0.776. The van der Waals surface area contributed by atoms with Gasteiger partial charge in [-0.05, 0) is 89.9 Å². The average molecular weight is 1100 g/mol. The second kappa shape index (κ2) is 67.4. The molecule has 0 spiro atoms. The van der Waals surface area contributed by atoms with E-state index >= 15 is 0 Å². The summed E-state index contributed by atoms with van der Waals surface area (Å²) in [5.74, 6) is -0.861. The molecule has 79 heavy (non-hydrogen) atoms. The summed E-state index contributed by atoms with van der Waals surface area (Å²) in [5, 5.41) is 0. The van der Waals surface area contributed by atoms with Gasteiger partial charge in [-0.1, -0.05) is 318 Å². The van der Waals surface area contributed by atoms with Crippen molar-refractivity contribution in [2.75, 3.05) is 13.2 Å². The number of ether oxygens (including phenoxy) is 3. The number of carbonyl (C=O) groups is 3. The normalized spacial score (nSPS) is 12.5. The molecule has 0 N–H and O–H groups in total. The lowest BCUT2D eigenvalue weighted by molar-refractivity contribution is -0.167. The van der Waals surface area contributed by atoms with E-state index in [-0.39, 0.29) is 31.1 Å². The molecule has 0 amide bonds. The van der Waals surface area contributed by atoms with Crippen molar-refractivity contribution < 1.29 is 28.6 Å². The lowest BCUT2D eigenvalue weighted by atomic mass is 10.0. The molecule has 0 heterocycles. The van der Waals surface area contributed by atoms with E-state index in [0.717, 1.165) is 96.3 Å². The van der Waals surface area contributed by atoms with Crippen molar-refractivity contribution in [3.05, 3.63) is 72.9 Å². The number of esters is 3. The van der Waals surface area contributed by atoms with E-state index in [1.807, 2.05) is 0 Å². The standard InChI is InChI=1S/C73H130O6/c1-4-7-10-13-16-19-22-24-26-28-29-30-31-32-33-34-35-36-37-38-39-40-41-42-43-45-46-48-51-54-57-60-63-66-72(75)78-69-70(68-77-71(74)65-62-59-56-53-50-21-18-15-12-9-6-3)79-73(76)67-64-61-58-55-52-49-47-44-27-25-23-20-17-14-11-8-5-2/h7,10,16-17,19-20,24-27,29-30,70H,4-6,8-9,11-15,18,21-23,28,31-69H2,1-3H3/b10-7-,19-16-,20-17-,26-24-,27-25-,30-29-. The molecule has 0 rings (SSSR count). The first-order valence-corrected chi connectivity index (χ1v) is 34.4. The molecule has 0 saturated heterocycles. The highest BCUT2D eigenvalue weighted by molar-refractivity contribution is 5.71. The van der Waals surface area contributed by atoms with Crippen LogP contribution in [0.15, 0.2) is 72.9 Å². The number of rotatable bonds is 63. The molecule has 0 aromatic rings. The highest BCUT2D eigenvalue weighted by atomic mass is 16.6. The summed E-state index contributed by atoms with van der Waals surface area (Å²) < 4.78 is 16.9. The molecule has 1 unspecified atom stereocenters. The Balaban J connectivity index is 4.10. The molecule has 0 fully saturated rings. The lowest BCUT2D eigenvalue weighted by Crippen LogP contribution is -2.30. The lowest BCUT2D eigenvalue weighted by Gasteiger charge is -2.18. The Bertz CT molecular complexity index is 1450. The van der Waals surface area contributed by atoms with E-state index in [1.54, 1.807) is 0 Å². The highest BCUT2D eigenvalue weighted by Gasteiger charge is 2.19. The maximum absolute atomic E-state index is 12.9. The van der Waals surface area contributed by atoms with Crippen LogP contribution in [0, 0.1) is 0 Å². The second-order valence-electron chi connectivity index (χ2n) is 23.1. The summed E-state index contributed by atoms with van der Waals surface area (Å²) in [7, 11) is 0. The van der Waals surface area contributed by atoms with Crippen LogP contribution in [-0.2, 0) is 28.6 Å². The maximum atomic E-state index is 12.9. The molecule has 0 radical (unpaired) electrons. The Morgan fingerprint density at radius 2 is 0.494 bits per heavy atom. The van der Waals surface area contributed by atoms with Crippen molar-refractivity contribution in [1.29, 1.82) is 0 Å². The summed E-state index contributed by atoms with van der Waals surface area (Å²) in [5.41, 5.74) is 0. The third-order valence-corrected chi connectivity index (χ3v) is 15.2. The quantitative estimate of drug-likeness (QED) is 0.0261. The van der Waals surface area contributed by atoms with Gasteiger partial charge >= 0.3 is 17.9 Å². The van der Waals surface area contributed by atoms with Crippen LogP contribution >= 0.6 is 0 Å². The van der Waals surface area contributed by atoms with Gasteiger partial charge in [0.15, 0.2) is 6.10 Å². The van der Waals surface area contributed by atoms with Crippen LogP contribution in [0.3, 0.4) is 0 Å². The molecule has 0 saturated carbocycles. The van der Waals surface area contributed by atoms with Crippen LogP contribution in [-0.4, -0.2) is 37.2 Å². The molecule has 0 aliphatic carbocycles. The van der Waals surface area contributed by atoms with Crippen molar-refractivity contribution in [1.82, 2.24) is 0 Å². The second-order valence-corrected chi connectivity index (χ2v) is 23.1. The van der Waals surface area contributed by atoms with E-state index in [2.05, 4.69) is 93.7 Å². The van der Waals surface area contributed by atoms with Gasteiger partial charge in [0.2, 0.25) is 0 Å². The molecule has 0 aliphatic heterocycles. The molecular weight excluding hydrogens is 973 g/mol. The minimum absolute atomic E-state index is 0.0727. The predicted octanol–water partition coefficient (Wildman–Crippen LogP) is 23.7. The van der Waals surface area contributed by atoms with Crippen LogP contribution in [0.2, 0.25) is 0 Å². The zero-order chi connectivity index (χ0) is 57.1. The molecule has 1 atom stereocenters. The molecule has 6 nitrogen and oxygen atoms in total. The topological polar surface area (TPSA) is 78.9 Å². The van der Waals surface area contributed by atoms with Crippen LogP contribution in [0.4, 0.5) is 0 Å². The molecule has 0 aromatic heterocycles. The van der Waals surface area contributed by atoms with Crippen LogP contribution in [0.5, 0.6) is 0 Å². The van der Waals surface area contributed by atoms with E-state index in [4.69, 9.17) is 14.2 Å². The van der Waals surface area contributed by atoms with Crippen molar-refractivity contribution in [3.63, 3.8) is 0 Å². The third-order valence-electron chi connectivity index (χ3n) is 15.2. The van der Waals surface area contributed by atoms with Gasteiger partial charge in [-0.2, -0.15) is 0 Å². The first-order valence-electron chi connectivity index (χ1n) is 34.4. The fraction of sp³-hybridized carbons (Fsp3) is 0.795. The molecule has 6 heteroatoms. The van der Waals surface area contributed by atoms with Gasteiger partial charge in [-0.25, -0.2) is 0 Å². The summed E-state index contributed by atoms with van der Waals surface area (Å²) in [4.78, 5) is 38.3. The fourth-order valence-corrected chi connectivity index (χ4v) is 10.1. The molecule has 458 valence electrons. The number of hydrogen-bond acceptors (Lipinski definition) is 6. The third kappa shape index (κ3) is 65.5. The van der Waals surface area contributed by atoms with Crippen molar-refractivity contribution >= 4 is 17.9 Å². The van der Waals surface area contributed by atoms with Gasteiger partial charge in [0.1, 0.15) is 13.2 Å². The van der Waals surface area contributed by atoms with Crippen molar-refractivity contribution in [2.45, 2.75) is 361 Å². The van der Waals surface area contributed by atoms with Gasteiger partial charge in [0.25, 0.3) is 0 Å². The SMILES string of the molecule is CC/C=C\C/C=C\C/C=C\C/C=C\CCCCCCCCCCCCCCCCCCCCCCC(=O)OCC(COC(=O)CCCCCCCCCCCCC)OC(=O)CCCCCCCCC/C=C\C/C=C\CCCCC. The number of hydrogen-bond donors (Lipinski definition) is 0. The van der Waals surface area contributed by atoms with Gasteiger partial charge in [-0.3, -0.25) is 14.4 Å². The Labute approximate surface area is 491 Å². The van der Waals surface area contributed by atoms with Gasteiger partial charge in [-0.15, -0.1) is 0 Å². The molecular formula is C73H130O6. The monoisotopic (exact) mass is 1100 g/mol. The van der Waals surface area contributed by atoms with E-state index < -0.39 is 6.10 Å². The van der Waals surface area contributed by atoms with Crippen LogP contribution in [0.25, 0.3) is 0 Å². The Hall–Kier alpha value is -3.15. The smallest absolute Gasteiger partial charge is 0.306 e. The fourth-order valence-electron chi connectivity index (χ4n) is 10.1. The van der Waals surface area contributed by atoms with E-state index in [1.165, 1.54) is 218 Å². The van der Waals surface area contributed by atoms with Gasteiger partial charge in [0, 0.05) is 19.3 Å². The molecule has 0 bridgehead atoms. The number of unbranched alkanes of at least 4 members (excludes halogenated alkanes) is 40. The average Bonchev–Trinajstić information content (AvgIpc) is 3.45. The number of carbonyl (C=O) groups excluding carboxylic acids is 3. The minimum Gasteiger partial charge on any atom is -0.462 e. The number of allylic oxidation sites excluding steroid dienone is 12. The highest BCUT2D eigenvalue weighted by Crippen LogP contribution is 2.18. The Morgan fingerprint density at radius 1 is 0.266 bits per heavy atom. The Kier molecular flexibility index (Phi) is 64.7. The first kappa shape index (κ1) is 75.8. The van der Waals surface area contributed by atoms with Crippen LogP contribution < -0.4 is 0 Å². The summed E-state index contributed by atoms with van der Waals surface area (Å²) in [6, 6.07) is 0. The van der Waals surface area contributed by atoms with Crippen molar-refractivity contribution in [3.8, 4) is 0 Å². The predicted molar refractivity (Wildman–Crippen MR) is 344 cm³/mol. The van der Waals surface area contributed by atoms with E-state index in [9.17, 15) is 14.4 Å². The van der Waals surface area contributed by atoms with Crippen molar-refractivity contribution in [2.24, 2.45) is 0 Å². The maximum Gasteiger partial charge on any atom is 0.306 e. The molecule has 0 aliphatic rings. The molecule has 0 aromatic carbocycles. The Morgan fingerprint density at radius 3 is 0.797 bits per heavy atom. The summed E-state index contributed by atoms with van der Waals surface area (Å²) in [6.07, 6.45) is 87.9. The zero-order valence-electron chi connectivity index (χ0n) is 52.6. The van der Waals surface area contributed by atoms with Gasteiger partial charge in [0.05, 0.1) is 0 Å². The summed E-state index contributed by atoms with van der Waals surface area (Å²) >= 11 is 0.